The molecule has 3 heterocycles. The van der Waals surface area contributed by atoms with E-state index < -0.39 is 0 Å². The number of nitrogens with one attached hydrogen (secondary N) is 2. The Morgan fingerprint density at radius 1 is 1.23 bits per heavy atom. The second kappa shape index (κ2) is 5.14. The van der Waals surface area contributed by atoms with E-state index in [1.807, 2.05) is 30.3 Å². The predicted octanol–water partition coefficient (Wildman–Crippen LogP) is 3.80. The molecule has 4 aromatic rings. The van der Waals surface area contributed by atoms with Gasteiger partial charge in [0, 0.05) is 23.3 Å². The molecule has 0 fully saturated rings. The molecule has 6 heteroatoms. The Labute approximate surface area is 126 Å². The van der Waals surface area contributed by atoms with Crippen LogP contribution in [-0.4, -0.2) is 20.3 Å². The summed E-state index contributed by atoms with van der Waals surface area (Å²) in [6.07, 6.45) is 3.71. The largest absolute Gasteiger partial charge is 0.356 e. The molecule has 0 aliphatic heterocycles. The van der Waals surface area contributed by atoms with E-state index in [1.54, 1.807) is 6.20 Å². The lowest BCUT2D eigenvalue weighted by Gasteiger charge is -2.03. The molecule has 0 unspecified atom stereocenters. The van der Waals surface area contributed by atoms with Gasteiger partial charge in [0.25, 0.3) is 0 Å². The maximum absolute atomic E-state index is 5.42. The third-order valence-electron chi connectivity index (χ3n) is 3.63. The zero-order chi connectivity index (χ0) is 14.9. The number of anilines is 2. The highest BCUT2D eigenvalue weighted by Gasteiger charge is 2.10. The summed E-state index contributed by atoms with van der Waals surface area (Å²) >= 11 is 0. The van der Waals surface area contributed by atoms with Gasteiger partial charge < -0.3 is 9.84 Å². The monoisotopic (exact) mass is 293 g/mol. The Bertz CT molecular complexity index is 940. The van der Waals surface area contributed by atoms with Gasteiger partial charge in [-0.1, -0.05) is 18.5 Å². The second-order valence-electron chi connectivity index (χ2n) is 5.19. The van der Waals surface area contributed by atoms with Gasteiger partial charge in [-0.25, -0.2) is 4.98 Å². The lowest BCUT2D eigenvalue weighted by atomic mass is 10.1. The average molecular weight is 293 g/mol. The van der Waals surface area contributed by atoms with Crippen LogP contribution in [0.15, 0.2) is 41.1 Å². The minimum absolute atomic E-state index is 0.746. The second-order valence-corrected chi connectivity index (χ2v) is 5.19. The Morgan fingerprint density at radius 2 is 2.18 bits per heavy atom. The van der Waals surface area contributed by atoms with Crippen LogP contribution in [-0.2, 0) is 6.42 Å². The Hall–Kier alpha value is -2.89. The Kier molecular flexibility index (Phi) is 3.00. The van der Waals surface area contributed by atoms with Crippen molar-refractivity contribution in [1.29, 1.82) is 0 Å². The van der Waals surface area contributed by atoms with Crippen molar-refractivity contribution >= 4 is 33.5 Å². The van der Waals surface area contributed by atoms with Crippen LogP contribution < -0.4 is 5.32 Å². The van der Waals surface area contributed by atoms with Crippen LogP contribution in [0, 0.1) is 0 Å². The first-order valence-electron chi connectivity index (χ1n) is 7.29. The predicted molar refractivity (Wildman–Crippen MR) is 85.2 cm³/mol. The Morgan fingerprint density at radius 3 is 3.09 bits per heavy atom. The molecule has 0 saturated carbocycles. The Balaban J connectivity index is 1.69. The summed E-state index contributed by atoms with van der Waals surface area (Å²) in [7, 11) is 0. The highest BCUT2D eigenvalue weighted by molar-refractivity contribution is 5.90. The van der Waals surface area contributed by atoms with Crippen LogP contribution in [0.1, 0.15) is 19.0 Å². The molecule has 2 N–H and O–H groups in total. The number of fused-ring (bicyclic) bond motifs is 2. The summed E-state index contributed by atoms with van der Waals surface area (Å²) in [4.78, 5) is 4.23. The zero-order valence-corrected chi connectivity index (χ0v) is 12.1. The van der Waals surface area contributed by atoms with Crippen LogP contribution in [0.4, 0.5) is 11.5 Å². The molecule has 22 heavy (non-hydrogen) atoms. The van der Waals surface area contributed by atoms with Gasteiger partial charge in [0.05, 0.1) is 11.1 Å². The average Bonchev–Trinajstić information content (AvgIpc) is 3.13. The molecule has 0 aliphatic carbocycles. The number of benzene rings is 1. The number of rotatable bonds is 4. The van der Waals surface area contributed by atoms with E-state index in [2.05, 4.69) is 32.6 Å². The van der Waals surface area contributed by atoms with E-state index in [0.717, 1.165) is 52.0 Å². The number of aryl methyl sites for hydroxylation is 1. The molecule has 110 valence electrons. The molecule has 0 amide bonds. The normalized spacial score (nSPS) is 11.3. The zero-order valence-electron chi connectivity index (χ0n) is 12.1. The third-order valence-corrected chi connectivity index (χ3v) is 3.63. The van der Waals surface area contributed by atoms with Crippen molar-refractivity contribution in [3.05, 3.63) is 42.2 Å². The van der Waals surface area contributed by atoms with Gasteiger partial charge in [0.2, 0.25) is 0 Å². The van der Waals surface area contributed by atoms with E-state index in [1.165, 1.54) is 0 Å². The summed E-state index contributed by atoms with van der Waals surface area (Å²) in [5, 5.41) is 16.6. The highest BCUT2D eigenvalue weighted by Crippen LogP contribution is 2.27. The molecule has 0 aliphatic rings. The van der Waals surface area contributed by atoms with Crippen molar-refractivity contribution in [2.45, 2.75) is 19.8 Å². The smallest absolute Gasteiger partial charge is 0.169 e. The van der Waals surface area contributed by atoms with Crippen molar-refractivity contribution in [1.82, 2.24) is 20.3 Å². The van der Waals surface area contributed by atoms with Crippen molar-refractivity contribution in [2.24, 2.45) is 0 Å². The van der Waals surface area contributed by atoms with Gasteiger partial charge in [-0.2, -0.15) is 5.10 Å². The molecule has 0 spiro atoms. The maximum atomic E-state index is 5.42. The van der Waals surface area contributed by atoms with E-state index >= 15 is 0 Å². The van der Waals surface area contributed by atoms with Gasteiger partial charge in [-0.05, 0) is 30.7 Å². The van der Waals surface area contributed by atoms with E-state index in [9.17, 15) is 0 Å². The molecular formula is C16H15N5O. The fourth-order valence-corrected chi connectivity index (χ4v) is 2.57. The molecule has 6 nitrogen and oxygen atoms in total. The number of H-pyrrole nitrogens is 1. The first-order chi connectivity index (χ1) is 10.8. The summed E-state index contributed by atoms with van der Waals surface area (Å²) in [5.41, 5.74) is 3.46. The molecule has 0 radical (unpaired) electrons. The maximum Gasteiger partial charge on any atom is 0.169 e. The van der Waals surface area contributed by atoms with E-state index in [-0.39, 0.29) is 0 Å². The van der Waals surface area contributed by atoms with Crippen LogP contribution in [0.25, 0.3) is 22.0 Å². The highest BCUT2D eigenvalue weighted by atomic mass is 16.5. The molecule has 1 aromatic carbocycles. The lowest BCUT2D eigenvalue weighted by Crippen LogP contribution is -1.91. The summed E-state index contributed by atoms with van der Waals surface area (Å²) in [6, 6.07) is 9.85. The molecule has 3 aromatic heterocycles. The number of hydrogen-bond donors (Lipinski definition) is 2. The summed E-state index contributed by atoms with van der Waals surface area (Å²) < 4.78 is 5.42. The van der Waals surface area contributed by atoms with Crippen LogP contribution in [0.3, 0.4) is 0 Å². The van der Waals surface area contributed by atoms with Gasteiger partial charge >= 0.3 is 0 Å². The lowest BCUT2D eigenvalue weighted by molar-refractivity contribution is 0.445. The number of nitrogens with zero attached hydrogens (tertiary/aromatic N) is 3. The fraction of sp³-hybridized carbons (Fsp3) is 0.188. The van der Waals surface area contributed by atoms with Crippen LogP contribution in [0.2, 0.25) is 0 Å². The minimum Gasteiger partial charge on any atom is -0.356 e. The first kappa shape index (κ1) is 12.8. The molecule has 0 saturated heterocycles. The van der Waals surface area contributed by atoms with Crippen molar-refractivity contribution in [2.75, 3.05) is 5.32 Å². The number of hydrogen-bond acceptors (Lipinski definition) is 5. The van der Waals surface area contributed by atoms with Gasteiger partial charge in [-0.3, -0.25) is 5.10 Å². The topological polar surface area (TPSA) is 79.6 Å². The molecular weight excluding hydrogens is 278 g/mol. The van der Waals surface area contributed by atoms with Crippen molar-refractivity contribution in [3.8, 4) is 0 Å². The molecule has 0 bridgehead atoms. The number of aromatic nitrogens is 4. The van der Waals surface area contributed by atoms with Crippen LogP contribution >= 0.6 is 0 Å². The quantitative estimate of drug-likeness (QED) is 0.598. The van der Waals surface area contributed by atoms with E-state index in [4.69, 9.17) is 4.52 Å². The van der Waals surface area contributed by atoms with Crippen molar-refractivity contribution in [3.63, 3.8) is 0 Å². The first-order valence-corrected chi connectivity index (χ1v) is 7.29. The SMILES string of the molecule is CCCc1noc2cc(Nc3n[nH]c4ncccc34)ccc12. The van der Waals surface area contributed by atoms with Gasteiger partial charge in [0.1, 0.15) is 0 Å². The van der Waals surface area contributed by atoms with Crippen molar-refractivity contribution < 1.29 is 4.52 Å². The minimum atomic E-state index is 0.746. The summed E-state index contributed by atoms with van der Waals surface area (Å²) in [5.74, 6) is 0.746. The number of pyridine rings is 1. The molecule has 0 atom stereocenters. The van der Waals surface area contributed by atoms with Gasteiger partial charge in [0.15, 0.2) is 17.0 Å². The van der Waals surface area contributed by atoms with Gasteiger partial charge in [-0.15, -0.1) is 0 Å². The van der Waals surface area contributed by atoms with Crippen LogP contribution in [0.5, 0.6) is 0 Å². The molecule has 4 rings (SSSR count). The fourth-order valence-electron chi connectivity index (χ4n) is 2.57. The third kappa shape index (κ3) is 2.09. The summed E-state index contributed by atoms with van der Waals surface area (Å²) in [6.45, 7) is 2.13. The standard InChI is InChI=1S/C16H15N5O/c1-2-4-13-11-7-6-10(9-14(11)22-21-13)18-16-12-5-3-8-17-15(12)19-20-16/h3,5-9H,2,4H2,1H3,(H2,17,18,19,20). The van der Waals surface area contributed by atoms with E-state index in [0.29, 0.717) is 0 Å². The number of aromatic amines is 1.